The van der Waals surface area contributed by atoms with Crippen LogP contribution in [0.2, 0.25) is 0 Å². The highest BCUT2D eigenvalue weighted by atomic mass is 32.1. The summed E-state index contributed by atoms with van der Waals surface area (Å²) in [5, 5.41) is 0.766. The first-order chi connectivity index (χ1) is 13.2. The van der Waals surface area contributed by atoms with Crippen LogP contribution in [0.4, 0.5) is 0 Å². The monoisotopic (exact) mass is 381 g/mol. The molecule has 27 heavy (non-hydrogen) atoms. The van der Waals surface area contributed by atoms with Gasteiger partial charge in [0.1, 0.15) is 5.01 Å². The van der Waals surface area contributed by atoms with Crippen molar-refractivity contribution in [2.75, 3.05) is 6.61 Å². The van der Waals surface area contributed by atoms with Gasteiger partial charge in [0.15, 0.2) is 0 Å². The van der Waals surface area contributed by atoms with E-state index in [1.165, 1.54) is 11.3 Å². The number of rotatable bonds is 7. The summed E-state index contributed by atoms with van der Waals surface area (Å²) in [6, 6.07) is 19.4. The van der Waals surface area contributed by atoms with Gasteiger partial charge in [-0.1, -0.05) is 60.7 Å². The Kier molecular flexibility index (Phi) is 6.33. The van der Waals surface area contributed by atoms with Gasteiger partial charge in [0.2, 0.25) is 5.88 Å². The molecule has 1 heterocycles. The summed E-state index contributed by atoms with van der Waals surface area (Å²) in [6.07, 6.45) is -0.0612. The summed E-state index contributed by atoms with van der Waals surface area (Å²) in [7, 11) is 0. The first-order valence-corrected chi connectivity index (χ1v) is 9.47. The van der Waals surface area contributed by atoms with Crippen LogP contribution >= 0.6 is 11.3 Å². The van der Waals surface area contributed by atoms with E-state index in [2.05, 4.69) is 4.98 Å². The van der Waals surface area contributed by atoms with Crippen molar-refractivity contribution in [3.8, 4) is 26.9 Å². The molecule has 3 rings (SSSR count). The second-order valence-corrected chi connectivity index (χ2v) is 6.66. The van der Waals surface area contributed by atoms with Crippen molar-refractivity contribution >= 4 is 23.3 Å². The zero-order valence-electron chi connectivity index (χ0n) is 14.9. The first kappa shape index (κ1) is 18.8. The minimum absolute atomic E-state index is 0.0109. The molecule has 0 aliphatic carbocycles. The molecule has 0 saturated heterocycles. The Morgan fingerprint density at radius 2 is 1.48 bits per heavy atom. The summed E-state index contributed by atoms with van der Waals surface area (Å²) in [5.41, 5.74) is 1.87. The van der Waals surface area contributed by atoms with Crippen LogP contribution in [0.15, 0.2) is 60.7 Å². The van der Waals surface area contributed by atoms with Crippen molar-refractivity contribution in [1.29, 1.82) is 0 Å². The fourth-order valence-electron chi connectivity index (χ4n) is 2.45. The normalized spacial score (nSPS) is 10.4. The number of esters is 2. The van der Waals surface area contributed by atoms with E-state index in [1.54, 1.807) is 6.92 Å². The van der Waals surface area contributed by atoms with Crippen LogP contribution in [0.5, 0.6) is 5.88 Å². The van der Waals surface area contributed by atoms with Crippen LogP contribution in [0.3, 0.4) is 0 Å². The second-order valence-electron chi connectivity index (χ2n) is 5.66. The number of thiazole rings is 1. The topological polar surface area (TPSA) is 65.5 Å². The maximum Gasteiger partial charge on any atom is 0.313 e. The third-order valence-corrected chi connectivity index (χ3v) is 4.84. The van der Waals surface area contributed by atoms with Crippen molar-refractivity contribution < 1.29 is 19.1 Å². The Labute approximate surface area is 161 Å². The minimum Gasteiger partial charge on any atom is -0.466 e. The molecule has 0 atom stereocenters. The largest absolute Gasteiger partial charge is 0.466 e. The van der Waals surface area contributed by atoms with Gasteiger partial charge in [-0.15, -0.1) is 11.3 Å². The Hall–Kier alpha value is -2.99. The number of nitrogens with zero attached hydrogens (tertiary/aromatic N) is 1. The molecule has 0 fully saturated rings. The van der Waals surface area contributed by atoms with Crippen LogP contribution in [-0.4, -0.2) is 23.5 Å². The summed E-state index contributed by atoms with van der Waals surface area (Å²) in [6.45, 7) is 2.02. The van der Waals surface area contributed by atoms with Gasteiger partial charge in [0, 0.05) is 5.56 Å². The third-order valence-electron chi connectivity index (χ3n) is 3.70. The highest BCUT2D eigenvalue weighted by Gasteiger charge is 2.19. The molecular formula is C21H19NO4S. The van der Waals surface area contributed by atoms with Gasteiger partial charge >= 0.3 is 11.9 Å². The van der Waals surface area contributed by atoms with Crippen molar-refractivity contribution in [3.05, 3.63) is 60.7 Å². The maximum atomic E-state index is 12.2. The standard InChI is InChI=1S/C21H19NO4S/c1-2-25-17(23)13-14-18(24)26-20-19(15-9-5-3-6-10-15)27-21(22-20)16-11-7-4-8-12-16/h3-12H,2,13-14H2,1H3. The molecule has 0 unspecified atom stereocenters. The average Bonchev–Trinajstić information content (AvgIpc) is 3.12. The summed E-state index contributed by atoms with van der Waals surface area (Å²) in [4.78, 5) is 28.9. The number of hydrogen-bond acceptors (Lipinski definition) is 6. The maximum absolute atomic E-state index is 12.2. The predicted molar refractivity (Wildman–Crippen MR) is 104 cm³/mol. The molecule has 6 heteroatoms. The first-order valence-electron chi connectivity index (χ1n) is 8.65. The molecule has 0 radical (unpaired) electrons. The van der Waals surface area contributed by atoms with E-state index in [-0.39, 0.29) is 18.7 Å². The van der Waals surface area contributed by atoms with Gasteiger partial charge in [0.05, 0.1) is 24.3 Å². The molecule has 0 N–H and O–H groups in total. The van der Waals surface area contributed by atoms with Crippen molar-refractivity contribution in [2.45, 2.75) is 19.8 Å². The van der Waals surface area contributed by atoms with Crippen LogP contribution < -0.4 is 4.74 Å². The van der Waals surface area contributed by atoms with E-state index >= 15 is 0 Å². The highest BCUT2D eigenvalue weighted by molar-refractivity contribution is 7.18. The number of carbonyl (C=O) groups is 2. The van der Waals surface area contributed by atoms with E-state index in [0.29, 0.717) is 6.61 Å². The zero-order chi connectivity index (χ0) is 19.1. The van der Waals surface area contributed by atoms with Crippen molar-refractivity contribution in [1.82, 2.24) is 4.98 Å². The summed E-state index contributed by atoms with van der Waals surface area (Å²) >= 11 is 1.46. The summed E-state index contributed by atoms with van der Waals surface area (Å²) in [5.74, 6) is -0.662. The summed E-state index contributed by atoms with van der Waals surface area (Å²) < 4.78 is 10.3. The van der Waals surface area contributed by atoms with Gasteiger partial charge < -0.3 is 9.47 Å². The number of aromatic nitrogens is 1. The van der Waals surface area contributed by atoms with Gasteiger partial charge in [-0.05, 0) is 12.5 Å². The molecule has 3 aromatic rings. The fraction of sp³-hybridized carbons (Fsp3) is 0.190. The average molecular weight is 381 g/mol. The smallest absolute Gasteiger partial charge is 0.313 e. The number of hydrogen-bond donors (Lipinski definition) is 0. The second kappa shape index (κ2) is 9.09. The molecule has 0 aliphatic rings. The van der Waals surface area contributed by atoms with Gasteiger partial charge in [-0.3, -0.25) is 9.59 Å². The van der Waals surface area contributed by atoms with Crippen molar-refractivity contribution in [2.24, 2.45) is 0 Å². The van der Waals surface area contributed by atoms with Gasteiger partial charge in [-0.2, -0.15) is 0 Å². The molecule has 0 saturated carbocycles. The Balaban J connectivity index is 1.83. The molecular weight excluding hydrogens is 362 g/mol. The van der Waals surface area contributed by atoms with Gasteiger partial charge in [0.25, 0.3) is 0 Å². The number of carbonyl (C=O) groups excluding carboxylic acids is 2. The lowest BCUT2D eigenvalue weighted by atomic mass is 10.2. The number of ether oxygens (including phenoxy) is 2. The molecule has 0 aliphatic heterocycles. The van der Waals surface area contributed by atoms with E-state index in [4.69, 9.17) is 9.47 Å². The minimum atomic E-state index is -0.509. The van der Waals surface area contributed by atoms with Crippen LogP contribution in [-0.2, 0) is 14.3 Å². The molecule has 5 nitrogen and oxygen atoms in total. The van der Waals surface area contributed by atoms with Crippen LogP contribution in [0.1, 0.15) is 19.8 Å². The van der Waals surface area contributed by atoms with E-state index in [9.17, 15) is 9.59 Å². The zero-order valence-corrected chi connectivity index (χ0v) is 15.7. The number of benzene rings is 2. The van der Waals surface area contributed by atoms with Crippen LogP contribution in [0, 0.1) is 0 Å². The Morgan fingerprint density at radius 3 is 2.11 bits per heavy atom. The Morgan fingerprint density at radius 1 is 0.889 bits per heavy atom. The molecule has 138 valence electrons. The van der Waals surface area contributed by atoms with E-state index in [1.807, 2.05) is 60.7 Å². The molecule has 1 aromatic heterocycles. The Bertz CT molecular complexity index is 906. The van der Waals surface area contributed by atoms with Gasteiger partial charge in [-0.25, -0.2) is 4.98 Å². The predicted octanol–water partition coefficient (Wildman–Crippen LogP) is 4.73. The van der Waals surface area contributed by atoms with E-state index < -0.39 is 11.9 Å². The molecule has 0 bridgehead atoms. The van der Waals surface area contributed by atoms with Crippen LogP contribution in [0.25, 0.3) is 21.0 Å². The lowest BCUT2D eigenvalue weighted by molar-refractivity contribution is -0.146. The lowest BCUT2D eigenvalue weighted by Crippen LogP contribution is -2.12. The molecule has 0 spiro atoms. The van der Waals surface area contributed by atoms with Crippen molar-refractivity contribution in [3.63, 3.8) is 0 Å². The van der Waals surface area contributed by atoms with E-state index in [0.717, 1.165) is 21.0 Å². The lowest BCUT2D eigenvalue weighted by Gasteiger charge is -2.04. The molecule has 2 aromatic carbocycles. The highest BCUT2D eigenvalue weighted by Crippen LogP contribution is 2.39. The quantitative estimate of drug-likeness (QED) is 0.554. The fourth-order valence-corrected chi connectivity index (χ4v) is 3.45. The third kappa shape index (κ3) is 5.01. The SMILES string of the molecule is CCOC(=O)CCC(=O)Oc1nc(-c2ccccc2)sc1-c1ccccc1. The molecule has 0 amide bonds.